The fourth-order valence-corrected chi connectivity index (χ4v) is 3.78. The number of benzene rings is 2. The highest BCUT2D eigenvalue weighted by Gasteiger charge is 2.09. The van der Waals surface area contributed by atoms with Crippen molar-refractivity contribution in [3.63, 3.8) is 0 Å². The molecule has 0 amide bonds. The molecule has 0 atom stereocenters. The third-order valence-corrected chi connectivity index (χ3v) is 5.30. The number of aromatic hydroxyl groups is 1. The zero-order valence-corrected chi connectivity index (χ0v) is 16.4. The number of nitrogens with zero attached hydrogens (tertiary/aromatic N) is 2. The molecular weight excluding hydrogens is 372 g/mol. The number of aromatic nitrogens is 1. The highest BCUT2D eigenvalue weighted by atomic mass is 32.1. The molecule has 5 heteroatoms. The molecule has 136 valence electrons. The van der Waals surface area contributed by atoms with E-state index in [9.17, 15) is 5.11 Å². The van der Waals surface area contributed by atoms with E-state index < -0.39 is 0 Å². The Hall–Kier alpha value is -2.76. The lowest BCUT2D eigenvalue weighted by Crippen LogP contribution is -2.00. The molecule has 3 rings (SSSR count). The summed E-state index contributed by atoms with van der Waals surface area (Å²) in [6.07, 6.45) is 10.0. The average Bonchev–Trinajstić information content (AvgIpc) is 2.97. The van der Waals surface area contributed by atoms with Crippen LogP contribution in [0.15, 0.2) is 83.9 Å². The lowest BCUT2D eigenvalue weighted by Gasteiger charge is -2.04. The number of hydrogen-bond acceptors (Lipinski definition) is 4. The summed E-state index contributed by atoms with van der Waals surface area (Å²) in [4.78, 5) is 5.09. The van der Waals surface area contributed by atoms with Crippen LogP contribution in [0.1, 0.15) is 10.4 Å². The van der Waals surface area contributed by atoms with Crippen LogP contribution in [-0.2, 0) is 13.0 Å². The molecule has 0 aliphatic heterocycles. The lowest BCUT2D eigenvalue weighted by molar-refractivity contribution is 0.414. The Morgan fingerprint density at radius 1 is 0.963 bits per heavy atom. The van der Waals surface area contributed by atoms with Gasteiger partial charge < -0.3 is 5.11 Å². The number of hydrogen-bond donors (Lipinski definition) is 1. The normalized spacial score (nSPS) is 11.9. The molecule has 0 aliphatic carbocycles. The Kier molecular flexibility index (Phi) is 6.90. The maximum atomic E-state index is 10.4. The molecule has 1 aromatic heterocycles. The maximum Gasteiger partial charge on any atom is 0.210 e. The summed E-state index contributed by atoms with van der Waals surface area (Å²) in [7, 11) is 0. The molecule has 27 heavy (non-hydrogen) atoms. The summed E-state index contributed by atoms with van der Waals surface area (Å²) in [5.74, 6) is 0.225. The second-order valence-corrected chi connectivity index (χ2v) is 7.48. The monoisotopic (exact) mass is 392 g/mol. The fraction of sp³-hybridized carbons (Fsp3) is 0.0909. The van der Waals surface area contributed by atoms with Crippen LogP contribution in [0, 0.1) is 3.95 Å². The van der Waals surface area contributed by atoms with Crippen molar-refractivity contribution < 1.29 is 5.11 Å². The average molecular weight is 393 g/mol. The predicted molar refractivity (Wildman–Crippen MR) is 118 cm³/mol. The van der Waals surface area contributed by atoms with Crippen LogP contribution in [0.25, 0.3) is 6.08 Å². The van der Waals surface area contributed by atoms with Gasteiger partial charge in [-0.2, -0.15) is 0 Å². The number of allylic oxidation sites excluding steroid dienone is 3. The van der Waals surface area contributed by atoms with Crippen LogP contribution in [-0.4, -0.2) is 15.9 Å². The van der Waals surface area contributed by atoms with E-state index >= 15 is 0 Å². The van der Waals surface area contributed by atoms with Crippen molar-refractivity contribution in [2.75, 3.05) is 0 Å². The fourth-order valence-electron chi connectivity index (χ4n) is 2.51. The summed E-state index contributed by atoms with van der Waals surface area (Å²) in [6, 6.07) is 20.0. The molecule has 0 saturated heterocycles. The van der Waals surface area contributed by atoms with E-state index in [1.54, 1.807) is 10.8 Å². The quantitative estimate of drug-likeness (QED) is 0.295. The molecule has 0 spiro atoms. The summed E-state index contributed by atoms with van der Waals surface area (Å²) < 4.78 is 2.46. The summed E-state index contributed by atoms with van der Waals surface area (Å²) in [5, 5.41) is 10.4. The molecule has 0 bridgehead atoms. The van der Waals surface area contributed by atoms with Gasteiger partial charge >= 0.3 is 0 Å². The van der Waals surface area contributed by atoms with Crippen molar-refractivity contribution in [3.05, 3.63) is 93.3 Å². The summed E-state index contributed by atoms with van der Waals surface area (Å²) in [6.45, 7) is 0.665. The number of thiazole rings is 1. The molecule has 1 heterocycles. The van der Waals surface area contributed by atoms with E-state index in [4.69, 9.17) is 12.2 Å². The molecule has 3 aromatic rings. The van der Waals surface area contributed by atoms with Crippen LogP contribution in [0.3, 0.4) is 0 Å². The Morgan fingerprint density at radius 2 is 1.67 bits per heavy atom. The smallest absolute Gasteiger partial charge is 0.210 e. The number of para-hydroxylation sites is 1. The Bertz CT molecular complexity index is 1000. The standard InChI is InChI=1S/C22H20N2OS2/c25-21-20(14-8-3-9-16-23-19-12-6-2-7-13-19)27-22(26)24(21)17-15-18-10-4-1-5-11-18/h1-14,16,25H,15,17H2/b9-3+,14-8+,23-16?. The van der Waals surface area contributed by atoms with E-state index in [0.29, 0.717) is 10.5 Å². The van der Waals surface area contributed by atoms with Crippen molar-refractivity contribution in [2.24, 2.45) is 4.99 Å². The molecule has 1 N–H and O–H groups in total. The first-order valence-electron chi connectivity index (χ1n) is 8.63. The van der Waals surface area contributed by atoms with Gasteiger partial charge in [-0.05, 0) is 48.5 Å². The number of aryl methyl sites for hydroxylation is 1. The second-order valence-electron chi connectivity index (χ2n) is 5.80. The highest BCUT2D eigenvalue weighted by molar-refractivity contribution is 7.73. The van der Waals surface area contributed by atoms with Crippen LogP contribution in [0.4, 0.5) is 5.69 Å². The second kappa shape index (κ2) is 9.80. The Labute approximate surface area is 168 Å². The predicted octanol–water partition coefficient (Wildman–Crippen LogP) is 6.20. The third-order valence-electron chi connectivity index (χ3n) is 3.90. The van der Waals surface area contributed by atoms with E-state index in [1.165, 1.54) is 16.9 Å². The van der Waals surface area contributed by atoms with Gasteiger partial charge in [0.15, 0.2) is 3.95 Å². The van der Waals surface area contributed by atoms with Gasteiger partial charge in [-0.1, -0.05) is 60.7 Å². The van der Waals surface area contributed by atoms with Crippen molar-refractivity contribution in [1.29, 1.82) is 0 Å². The SMILES string of the molecule is Oc1c(/C=C/C=C/C=Nc2ccccc2)sc(=S)n1CCc1ccccc1. The minimum absolute atomic E-state index is 0.225. The van der Waals surface area contributed by atoms with Crippen LogP contribution >= 0.6 is 23.6 Å². The van der Waals surface area contributed by atoms with Crippen molar-refractivity contribution in [2.45, 2.75) is 13.0 Å². The van der Waals surface area contributed by atoms with E-state index in [1.807, 2.05) is 72.8 Å². The van der Waals surface area contributed by atoms with Gasteiger partial charge in [0, 0.05) is 12.8 Å². The Morgan fingerprint density at radius 3 is 2.41 bits per heavy atom. The first kappa shape index (κ1) is 19.0. The van der Waals surface area contributed by atoms with Gasteiger partial charge in [0.2, 0.25) is 5.88 Å². The van der Waals surface area contributed by atoms with Gasteiger partial charge in [-0.3, -0.25) is 9.56 Å². The van der Waals surface area contributed by atoms with Crippen LogP contribution in [0.2, 0.25) is 0 Å². The highest BCUT2D eigenvalue weighted by Crippen LogP contribution is 2.27. The van der Waals surface area contributed by atoms with E-state index in [0.717, 1.165) is 17.0 Å². The van der Waals surface area contributed by atoms with Crippen molar-refractivity contribution >= 4 is 41.5 Å². The molecule has 2 aromatic carbocycles. The molecular formula is C22H20N2OS2. The first-order valence-corrected chi connectivity index (χ1v) is 9.85. The van der Waals surface area contributed by atoms with Gasteiger partial charge in [-0.25, -0.2) is 0 Å². The summed E-state index contributed by atoms with van der Waals surface area (Å²) in [5.41, 5.74) is 2.14. The topological polar surface area (TPSA) is 37.5 Å². The van der Waals surface area contributed by atoms with Crippen LogP contribution in [0.5, 0.6) is 5.88 Å². The maximum absolute atomic E-state index is 10.4. The van der Waals surface area contributed by atoms with Crippen molar-refractivity contribution in [3.8, 4) is 5.88 Å². The third kappa shape index (κ3) is 5.61. The molecule has 0 aliphatic rings. The Balaban J connectivity index is 1.60. The molecule has 0 radical (unpaired) electrons. The van der Waals surface area contributed by atoms with E-state index in [2.05, 4.69) is 17.1 Å². The lowest BCUT2D eigenvalue weighted by atomic mass is 10.1. The molecule has 3 nitrogen and oxygen atoms in total. The minimum Gasteiger partial charge on any atom is -0.493 e. The largest absolute Gasteiger partial charge is 0.493 e. The molecule has 0 unspecified atom stereocenters. The molecule has 0 fully saturated rings. The minimum atomic E-state index is 0.225. The van der Waals surface area contributed by atoms with Crippen molar-refractivity contribution in [1.82, 2.24) is 4.57 Å². The zero-order valence-electron chi connectivity index (χ0n) is 14.7. The van der Waals surface area contributed by atoms with Gasteiger partial charge in [0.05, 0.1) is 10.6 Å². The van der Waals surface area contributed by atoms with Gasteiger partial charge in [0.1, 0.15) is 0 Å². The molecule has 0 saturated carbocycles. The number of rotatable bonds is 7. The zero-order chi connectivity index (χ0) is 18.9. The van der Waals surface area contributed by atoms with E-state index in [-0.39, 0.29) is 5.88 Å². The van der Waals surface area contributed by atoms with Gasteiger partial charge in [0.25, 0.3) is 0 Å². The summed E-state index contributed by atoms with van der Waals surface area (Å²) >= 11 is 6.81. The van der Waals surface area contributed by atoms with Gasteiger partial charge in [-0.15, -0.1) is 11.3 Å². The van der Waals surface area contributed by atoms with Crippen LogP contribution < -0.4 is 0 Å². The first-order chi connectivity index (χ1) is 13.2. The number of aliphatic imine (C=N–C) groups is 1.